The summed E-state index contributed by atoms with van der Waals surface area (Å²) in [6.45, 7) is 3.02. The van der Waals surface area contributed by atoms with Gasteiger partial charge in [0.15, 0.2) is 0 Å². The van der Waals surface area contributed by atoms with Gasteiger partial charge in [-0.1, -0.05) is 18.2 Å². The lowest BCUT2D eigenvalue weighted by atomic mass is 10.0. The van der Waals surface area contributed by atoms with E-state index in [-0.39, 0.29) is 30.6 Å². The van der Waals surface area contributed by atoms with Gasteiger partial charge in [0.25, 0.3) is 6.10 Å². The first kappa shape index (κ1) is 33.3. The number of rotatable bonds is 8. The van der Waals surface area contributed by atoms with Crippen molar-refractivity contribution in [3.63, 3.8) is 0 Å². The Morgan fingerprint density at radius 1 is 0.875 bits per heavy atom. The number of nitrogens with one attached hydrogen (secondary N) is 1. The summed E-state index contributed by atoms with van der Waals surface area (Å²) in [7, 11) is 0. The summed E-state index contributed by atoms with van der Waals surface area (Å²) < 4.78 is 128. The van der Waals surface area contributed by atoms with Crippen molar-refractivity contribution >= 4 is 17.7 Å². The van der Waals surface area contributed by atoms with Crippen molar-refractivity contribution in [3.8, 4) is 0 Å². The molecule has 0 bridgehead atoms. The number of hydrogen-bond donors (Lipinski definition) is 1. The maximum absolute atomic E-state index is 14.2. The highest BCUT2D eigenvalue weighted by atomic mass is 19.4. The number of hydrogen-bond acceptors (Lipinski definition) is 6. The Morgan fingerprint density at radius 2 is 1.43 bits per heavy atom. The molecular weight excluding hydrogens is 565 g/mol. The van der Waals surface area contributed by atoms with Crippen LogP contribution in [0.1, 0.15) is 45.2 Å². The third kappa shape index (κ3) is 9.93. The van der Waals surface area contributed by atoms with Gasteiger partial charge in [-0.3, -0.25) is 9.69 Å². The van der Waals surface area contributed by atoms with Crippen molar-refractivity contribution in [1.29, 1.82) is 0 Å². The van der Waals surface area contributed by atoms with E-state index in [1.54, 1.807) is 20.8 Å². The van der Waals surface area contributed by atoms with E-state index in [1.165, 1.54) is 24.3 Å². The monoisotopic (exact) mass is 595 g/mol. The molecule has 2 rings (SSSR count). The van der Waals surface area contributed by atoms with Crippen LogP contribution >= 0.6 is 0 Å². The van der Waals surface area contributed by atoms with E-state index in [9.17, 15) is 49.1 Å². The van der Waals surface area contributed by atoms with Gasteiger partial charge >= 0.3 is 30.6 Å². The molecule has 1 atom stereocenters. The topological polar surface area (TPSA) is 71.1 Å². The fourth-order valence-corrected chi connectivity index (χ4v) is 3.98. The maximum atomic E-state index is 14.2. The zero-order chi connectivity index (χ0) is 30.5. The molecule has 228 valence electrons. The van der Waals surface area contributed by atoms with Crippen molar-refractivity contribution < 1.29 is 58.6 Å². The molecule has 1 fully saturated rings. The number of ether oxygens (including phenoxy) is 2. The van der Waals surface area contributed by atoms with Crippen molar-refractivity contribution in [2.45, 2.75) is 69.9 Å². The van der Waals surface area contributed by atoms with Crippen molar-refractivity contribution in [1.82, 2.24) is 9.80 Å². The molecule has 1 N–H and O–H groups in total. The Labute approximate surface area is 224 Å². The van der Waals surface area contributed by atoms with Gasteiger partial charge in [0.2, 0.25) is 0 Å². The number of amides is 1. The van der Waals surface area contributed by atoms with Gasteiger partial charge in [-0.05, 0) is 33.3 Å². The smallest absolute Gasteiger partial charge is 0.434 e. The number of para-hydroxylation sites is 1. The molecule has 1 aliphatic rings. The molecule has 1 unspecified atom stereocenters. The van der Waals surface area contributed by atoms with Crippen molar-refractivity contribution in [2.24, 2.45) is 0 Å². The third-order valence-electron chi connectivity index (χ3n) is 5.61. The van der Waals surface area contributed by atoms with Gasteiger partial charge in [-0.25, -0.2) is 4.79 Å². The maximum Gasteiger partial charge on any atom is 0.434 e. The second-order valence-corrected chi connectivity index (χ2v) is 10.0. The van der Waals surface area contributed by atoms with Crippen LogP contribution < -0.4 is 5.32 Å². The molecule has 40 heavy (non-hydrogen) atoms. The third-order valence-corrected chi connectivity index (χ3v) is 5.61. The van der Waals surface area contributed by atoms with Crippen LogP contribution in [0.4, 0.5) is 50.0 Å². The number of alkyl halides is 9. The zero-order valence-corrected chi connectivity index (χ0v) is 21.8. The molecular formula is C24H30F9N3O4. The van der Waals surface area contributed by atoms with Gasteiger partial charge in [0, 0.05) is 50.4 Å². The molecule has 0 aromatic heterocycles. The van der Waals surface area contributed by atoms with Crippen LogP contribution in [-0.2, 0) is 14.3 Å². The molecule has 1 aliphatic heterocycles. The SMILES string of the molecule is CC(C)(C)OC(=O)CCCNc1ccccc1C(N1CCN(C(=O)OC(C(F)(F)F)C(F)(F)F)CC1)C(F)(F)F. The lowest BCUT2D eigenvalue weighted by Gasteiger charge is -2.40. The Hall–Kier alpha value is -2.91. The summed E-state index contributed by atoms with van der Waals surface area (Å²) in [6.07, 6.45) is -22.7. The molecule has 1 aromatic carbocycles. The summed E-state index contributed by atoms with van der Waals surface area (Å²) in [5, 5.41) is 2.87. The van der Waals surface area contributed by atoms with Crippen LogP contribution in [0.3, 0.4) is 0 Å². The molecule has 1 heterocycles. The van der Waals surface area contributed by atoms with Gasteiger partial charge in [0.05, 0.1) is 0 Å². The average Bonchev–Trinajstić information content (AvgIpc) is 2.78. The van der Waals surface area contributed by atoms with Crippen LogP contribution in [-0.4, -0.2) is 84.8 Å². The standard InChI is InChI=1S/C24H30F9N3O4/c1-21(2,3)40-17(37)9-6-10-34-16-8-5-4-7-15(16)18(22(25,26)27)35-11-13-36(14-12-35)20(38)39-19(23(28,29)30)24(31,32)33/h4-5,7-8,18-19,34H,6,9-14H2,1-3H3. The Balaban J connectivity index is 2.08. The summed E-state index contributed by atoms with van der Waals surface area (Å²) in [5.74, 6) is -0.469. The average molecular weight is 596 g/mol. The van der Waals surface area contributed by atoms with Crippen LogP contribution in [0.5, 0.6) is 0 Å². The molecule has 16 heteroatoms. The minimum Gasteiger partial charge on any atom is -0.460 e. The number of carbonyl (C=O) groups excluding carboxylic acids is 2. The normalized spacial score (nSPS) is 16.6. The number of halogens is 9. The highest BCUT2D eigenvalue weighted by Gasteiger charge is 2.60. The minimum atomic E-state index is -5.92. The van der Waals surface area contributed by atoms with E-state index in [0.29, 0.717) is 4.90 Å². The summed E-state index contributed by atoms with van der Waals surface area (Å²) in [6, 6.07) is 3.31. The van der Waals surface area contributed by atoms with Crippen molar-refractivity contribution in [2.75, 3.05) is 38.0 Å². The number of anilines is 1. The molecule has 0 aliphatic carbocycles. The zero-order valence-electron chi connectivity index (χ0n) is 21.8. The van der Waals surface area contributed by atoms with Crippen LogP contribution in [0.2, 0.25) is 0 Å². The highest BCUT2D eigenvalue weighted by molar-refractivity contribution is 5.70. The quantitative estimate of drug-likeness (QED) is 0.224. The van der Waals surface area contributed by atoms with E-state index in [1.807, 2.05) is 0 Å². The van der Waals surface area contributed by atoms with Gasteiger partial charge in [0.1, 0.15) is 11.6 Å². The van der Waals surface area contributed by atoms with Gasteiger partial charge in [-0.15, -0.1) is 0 Å². The second-order valence-electron chi connectivity index (χ2n) is 10.0. The number of piperazine rings is 1. The Bertz CT molecular complexity index is 985. The lowest BCUT2D eigenvalue weighted by molar-refractivity contribution is -0.308. The number of carbonyl (C=O) groups is 2. The molecule has 1 saturated heterocycles. The molecule has 0 radical (unpaired) electrons. The van der Waals surface area contributed by atoms with Gasteiger partial charge < -0.3 is 19.7 Å². The Kier molecular flexibility index (Phi) is 10.6. The first-order valence-electron chi connectivity index (χ1n) is 12.1. The molecule has 1 amide bonds. The molecule has 0 saturated carbocycles. The van der Waals surface area contributed by atoms with E-state index in [2.05, 4.69) is 10.1 Å². The minimum absolute atomic E-state index is 0.0245. The predicted molar refractivity (Wildman–Crippen MR) is 124 cm³/mol. The fraction of sp³-hybridized carbons (Fsp3) is 0.667. The first-order chi connectivity index (χ1) is 18.2. The fourth-order valence-electron chi connectivity index (χ4n) is 3.98. The van der Waals surface area contributed by atoms with Crippen LogP contribution in [0.15, 0.2) is 24.3 Å². The lowest BCUT2D eigenvalue weighted by Crippen LogP contribution is -2.54. The van der Waals surface area contributed by atoms with E-state index >= 15 is 0 Å². The Morgan fingerprint density at radius 3 is 1.93 bits per heavy atom. The second kappa shape index (κ2) is 12.7. The van der Waals surface area contributed by atoms with Crippen molar-refractivity contribution in [3.05, 3.63) is 29.8 Å². The number of nitrogens with zero attached hydrogens (tertiary/aromatic N) is 2. The molecule has 7 nitrogen and oxygen atoms in total. The molecule has 1 aromatic rings. The summed E-state index contributed by atoms with van der Waals surface area (Å²) in [4.78, 5) is 25.3. The summed E-state index contributed by atoms with van der Waals surface area (Å²) >= 11 is 0. The van der Waals surface area contributed by atoms with Crippen LogP contribution in [0.25, 0.3) is 0 Å². The number of esters is 1. The summed E-state index contributed by atoms with van der Waals surface area (Å²) in [5.41, 5.74) is -0.748. The highest BCUT2D eigenvalue weighted by Crippen LogP contribution is 2.41. The molecule has 0 spiro atoms. The van der Waals surface area contributed by atoms with E-state index in [0.717, 1.165) is 4.90 Å². The van der Waals surface area contributed by atoms with Gasteiger partial charge in [-0.2, -0.15) is 39.5 Å². The van der Waals surface area contributed by atoms with E-state index in [4.69, 9.17) is 4.74 Å². The van der Waals surface area contributed by atoms with E-state index < -0.39 is 74.5 Å². The van der Waals surface area contributed by atoms with Crippen LogP contribution in [0, 0.1) is 0 Å². The largest absolute Gasteiger partial charge is 0.460 e. The predicted octanol–water partition coefficient (Wildman–Crippen LogP) is 6.07. The first-order valence-corrected chi connectivity index (χ1v) is 12.1. The number of benzene rings is 1.